The molecule has 224 valence electrons. The van der Waals surface area contributed by atoms with Gasteiger partial charge in [0.2, 0.25) is 5.91 Å². The number of benzene rings is 1. The van der Waals surface area contributed by atoms with E-state index in [2.05, 4.69) is 16.5 Å². The van der Waals surface area contributed by atoms with Crippen LogP contribution in [0.4, 0.5) is 10.2 Å². The zero-order chi connectivity index (χ0) is 31.2. The van der Waals surface area contributed by atoms with E-state index in [1.807, 2.05) is 45.6 Å². The molecule has 1 aromatic carbocycles. The van der Waals surface area contributed by atoms with Crippen LogP contribution in [-0.2, 0) is 4.79 Å². The van der Waals surface area contributed by atoms with Gasteiger partial charge in [-0.2, -0.15) is 4.98 Å². The summed E-state index contributed by atoms with van der Waals surface area (Å²) in [5.41, 5.74) is 2.73. The maximum absolute atomic E-state index is 14.1. The molecule has 9 nitrogen and oxygen atoms in total. The zero-order valence-electron chi connectivity index (χ0n) is 25.1. The van der Waals surface area contributed by atoms with Gasteiger partial charge in [-0.1, -0.05) is 32.0 Å². The number of hydrogen-bond donors (Lipinski definition) is 0. The smallest absolute Gasteiger partial charge is 0.355 e. The van der Waals surface area contributed by atoms with Crippen molar-refractivity contribution in [2.24, 2.45) is 0 Å². The monoisotopic (exact) mass is 604 g/mol. The topological polar surface area (TPSA) is 93.5 Å². The van der Waals surface area contributed by atoms with E-state index in [4.69, 9.17) is 21.3 Å². The van der Waals surface area contributed by atoms with Crippen LogP contribution in [0.3, 0.4) is 0 Å². The summed E-state index contributed by atoms with van der Waals surface area (Å²) in [6.45, 7) is 14.3. The van der Waals surface area contributed by atoms with Gasteiger partial charge in [0.1, 0.15) is 17.4 Å². The lowest BCUT2D eigenvalue weighted by Crippen LogP contribution is -2.58. The van der Waals surface area contributed by atoms with Crippen LogP contribution in [0.5, 0.6) is 5.75 Å². The van der Waals surface area contributed by atoms with Gasteiger partial charge >= 0.3 is 5.69 Å². The molecule has 4 aromatic rings. The summed E-state index contributed by atoms with van der Waals surface area (Å²) in [4.78, 5) is 44.6. The van der Waals surface area contributed by atoms with E-state index >= 15 is 0 Å². The average Bonchev–Trinajstić information content (AvgIpc) is 2.97. The Morgan fingerprint density at radius 2 is 1.91 bits per heavy atom. The number of hydrogen-bond acceptors (Lipinski definition) is 7. The normalized spacial score (nSPS) is 17.0. The lowest BCUT2D eigenvalue weighted by Gasteiger charge is -2.44. The second-order valence-corrected chi connectivity index (χ2v) is 11.6. The summed E-state index contributed by atoms with van der Waals surface area (Å²) in [5, 5.41) is 0.828. The summed E-state index contributed by atoms with van der Waals surface area (Å²) in [5.74, 6) is 0.0503. The molecule has 0 bridgehead atoms. The summed E-state index contributed by atoms with van der Waals surface area (Å²) < 4.78 is 21.1. The molecule has 1 aliphatic rings. The maximum atomic E-state index is 14.1. The van der Waals surface area contributed by atoms with Gasteiger partial charge < -0.3 is 14.5 Å². The maximum Gasteiger partial charge on any atom is 0.355 e. The highest BCUT2D eigenvalue weighted by Gasteiger charge is 2.34. The lowest BCUT2D eigenvalue weighted by molar-refractivity contribution is -0.128. The number of carbonyl (C=O) groups excluding carboxylic acids is 1. The van der Waals surface area contributed by atoms with Gasteiger partial charge in [0.15, 0.2) is 5.65 Å². The van der Waals surface area contributed by atoms with Gasteiger partial charge in [-0.3, -0.25) is 9.78 Å². The minimum absolute atomic E-state index is 0.00293. The Hall–Kier alpha value is -4.31. The quantitative estimate of drug-likeness (QED) is 0.261. The predicted molar refractivity (Wildman–Crippen MR) is 167 cm³/mol. The van der Waals surface area contributed by atoms with Gasteiger partial charge in [-0.05, 0) is 62.6 Å². The number of piperazine rings is 1. The Morgan fingerprint density at radius 1 is 1.16 bits per heavy atom. The summed E-state index contributed by atoms with van der Waals surface area (Å²) in [6.07, 6.45) is 3.03. The molecule has 4 heterocycles. The molecule has 1 saturated heterocycles. The van der Waals surface area contributed by atoms with Crippen LogP contribution in [0, 0.1) is 12.7 Å². The number of anilines is 1. The number of pyridine rings is 2. The highest BCUT2D eigenvalue weighted by molar-refractivity contribution is 6.34. The number of halogens is 2. The molecule has 0 N–H and O–H groups in total. The van der Waals surface area contributed by atoms with Gasteiger partial charge in [-0.25, -0.2) is 18.7 Å². The molecule has 0 radical (unpaired) electrons. The highest BCUT2D eigenvalue weighted by Crippen LogP contribution is 2.39. The summed E-state index contributed by atoms with van der Waals surface area (Å²) in [7, 11) is 1.44. The number of aryl methyl sites for hydroxylation is 1. The van der Waals surface area contributed by atoms with Crippen molar-refractivity contribution in [1.29, 1.82) is 0 Å². The molecule has 0 aliphatic carbocycles. The van der Waals surface area contributed by atoms with Crippen LogP contribution in [0.25, 0.3) is 28.0 Å². The molecular weight excluding hydrogens is 571 g/mol. The van der Waals surface area contributed by atoms with E-state index in [0.29, 0.717) is 52.6 Å². The number of fused-ring (bicyclic) bond motifs is 1. The first-order valence-corrected chi connectivity index (χ1v) is 14.5. The molecule has 3 aromatic heterocycles. The van der Waals surface area contributed by atoms with Gasteiger partial charge in [-0.15, -0.1) is 0 Å². The number of rotatable bonds is 6. The fraction of sp³-hybridized carbons (Fsp3) is 0.344. The standard InChI is InChI=1S/C32H34ClFN6O3/c1-8-26(41)38-15-20(6)39(16-19(38)5)30-23-14-24(33)28(22-10-9-21(34)13-25(22)43-7)36-31(23)40(32(42)37-30)29-18(4)11-12-35-27(29)17(2)3/h8-14,17,19-20H,1,15-16H2,2-7H3. The average molecular weight is 605 g/mol. The van der Waals surface area contributed by atoms with E-state index < -0.39 is 11.5 Å². The Morgan fingerprint density at radius 3 is 2.58 bits per heavy atom. The number of carbonyl (C=O) groups is 1. The molecule has 5 rings (SSSR count). The first kappa shape index (κ1) is 30.2. The summed E-state index contributed by atoms with van der Waals surface area (Å²) >= 11 is 6.90. The van der Waals surface area contributed by atoms with Crippen molar-refractivity contribution in [2.45, 2.75) is 52.6 Å². The summed E-state index contributed by atoms with van der Waals surface area (Å²) in [6, 6.07) is 7.35. The molecule has 11 heteroatoms. The van der Waals surface area contributed by atoms with Crippen LogP contribution < -0.4 is 15.3 Å². The molecule has 1 aliphatic heterocycles. The number of methoxy groups -OCH3 is 1. The Labute approximate surface area is 254 Å². The van der Waals surface area contributed by atoms with Gasteiger partial charge in [0.25, 0.3) is 0 Å². The van der Waals surface area contributed by atoms with Crippen molar-refractivity contribution in [2.75, 3.05) is 25.1 Å². The van der Waals surface area contributed by atoms with E-state index in [1.165, 1.54) is 29.9 Å². The minimum Gasteiger partial charge on any atom is -0.496 e. The van der Waals surface area contributed by atoms with Crippen molar-refractivity contribution in [3.63, 3.8) is 0 Å². The van der Waals surface area contributed by atoms with E-state index in [1.54, 1.807) is 23.2 Å². The van der Waals surface area contributed by atoms with Crippen molar-refractivity contribution >= 4 is 34.4 Å². The Kier molecular flexibility index (Phi) is 8.25. The van der Waals surface area contributed by atoms with Crippen LogP contribution >= 0.6 is 11.6 Å². The number of nitrogens with zero attached hydrogens (tertiary/aromatic N) is 6. The van der Waals surface area contributed by atoms with Crippen molar-refractivity contribution in [3.8, 4) is 22.7 Å². The first-order valence-electron chi connectivity index (χ1n) is 14.1. The van der Waals surface area contributed by atoms with Gasteiger partial charge in [0.05, 0.1) is 34.6 Å². The third kappa shape index (κ3) is 5.35. The van der Waals surface area contributed by atoms with Crippen LogP contribution in [0.15, 0.2) is 54.0 Å². The second-order valence-electron chi connectivity index (χ2n) is 11.1. The molecule has 43 heavy (non-hydrogen) atoms. The fourth-order valence-corrected chi connectivity index (χ4v) is 5.96. The van der Waals surface area contributed by atoms with E-state index in [9.17, 15) is 14.0 Å². The van der Waals surface area contributed by atoms with Crippen molar-refractivity contribution < 1.29 is 13.9 Å². The molecule has 2 unspecified atom stereocenters. The van der Waals surface area contributed by atoms with E-state index in [-0.39, 0.29) is 34.7 Å². The third-order valence-corrected chi connectivity index (χ3v) is 8.15. The number of amides is 1. The highest BCUT2D eigenvalue weighted by atomic mass is 35.5. The zero-order valence-corrected chi connectivity index (χ0v) is 25.8. The van der Waals surface area contributed by atoms with E-state index in [0.717, 1.165) is 5.56 Å². The molecule has 2 atom stereocenters. The molecule has 0 saturated carbocycles. The predicted octanol–water partition coefficient (Wildman–Crippen LogP) is 5.69. The Balaban J connectivity index is 1.84. The first-order chi connectivity index (χ1) is 20.5. The largest absolute Gasteiger partial charge is 0.496 e. The number of ether oxygens (including phenoxy) is 1. The molecule has 1 amide bonds. The van der Waals surface area contributed by atoms with Crippen LogP contribution in [-0.4, -0.2) is 62.6 Å². The second kappa shape index (κ2) is 11.8. The van der Waals surface area contributed by atoms with Crippen molar-refractivity contribution in [1.82, 2.24) is 24.4 Å². The third-order valence-electron chi connectivity index (χ3n) is 7.86. The molecule has 1 fully saturated rings. The minimum atomic E-state index is -0.531. The van der Waals surface area contributed by atoms with Crippen molar-refractivity contribution in [3.05, 3.63) is 81.8 Å². The van der Waals surface area contributed by atoms with Gasteiger partial charge in [0, 0.05) is 43.0 Å². The fourth-order valence-electron chi connectivity index (χ4n) is 5.71. The molecule has 0 spiro atoms. The number of aromatic nitrogens is 4. The molecular formula is C32H34ClFN6O3. The SMILES string of the molecule is C=CC(=O)N1CC(C)N(c2nc(=O)n(-c3c(C)ccnc3C(C)C)c3nc(-c4ccc(F)cc4OC)c(Cl)cc23)CC1C. The Bertz CT molecular complexity index is 1810. The van der Waals surface area contributed by atoms with Crippen LogP contribution in [0.1, 0.15) is 44.9 Å². The van der Waals surface area contributed by atoms with Crippen LogP contribution in [0.2, 0.25) is 5.02 Å². The lowest BCUT2D eigenvalue weighted by atomic mass is 10.0.